The maximum Gasteiger partial charge on any atom is 0.355 e. The summed E-state index contributed by atoms with van der Waals surface area (Å²) in [5.74, 6) is -1.35. The Labute approximate surface area is 243 Å². The number of fused-ring (bicyclic) bond motifs is 1. The molecule has 4 aromatic rings. The Hall–Kier alpha value is -4.47. The molecule has 42 heavy (non-hydrogen) atoms. The van der Waals surface area contributed by atoms with Crippen molar-refractivity contribution in [2.45, 2.75) is 59.5 Å². The molecule has 1 aliphatic rings. The molecule has 0 saturated carbocycles. The number of halogens is 2. The van der Waals surface area contributed by atoms with Crippen LogP contribution >= 0.6 is 0 Å². The molecule has 10 heteroatoms. The minimum absolute atomic E-state index is 0.00250. The highest BCUT2D eigenvalue weighted by atomic mass is 19.1. The van der Waals surface area contributed by atoms with Crippen LogP contribution in [0.5, 0.6) is 0 Å². The summed E-state index contributed by atoms with van der Waals surface area (Å²) in [4.78, 5) is 43.8. The minimum atomic E-state index is -0.742. The molecule has 3 aromatic heterocycles. The van der Waals surface area contributed by atoms with Gasteiger partial charge in [0.25, 0.3) is 0 Å². The van der Waals surface area contributed by atoms with Gasteiger partial charge in [-0.15, -0.1) is 0 Å². The second-order valence-corrected chi connectivity index (χ2v) is 11.3. The molecule has 4 heterocycles. The van der Waals surface area contributed by atoms with Crippen molar-refractivity contribution in [1.82, 2.24) is 24.4 Å². The lowest BCUT2D eigenvalue weighted by Gasteiger charge is -2.44. The van der Waals surface area contributed by atoms with E-state index < -0.39 is 17.3 Å². The maximum atomic E-state index is 15.9. The lowest BCUT2D eigenvalue weighted by atomic mass is 10.0. The topological polar surface area (TPSA) is 84.2 Å². The van der Waals surface area contributed by atoms with Gasteiger partial charge in [-0.1, -0.05) is 32.1 Å². The predicted molar refractivity (Wildman–Crippen MR) is 160 cm³/mol. The summed E-state index contributed by atoms with van der Waals surface area (Å²) in [5.41, 5.74) is 1.99. The molecule has 5 rings (SSSR count). The Kier molecular flexibility index (Phi) is 7.66. The largest absolute Gasteiger partial charge is 0.355 e. The van der Waals surface area contributed by atoms with Gasteiger partial charge in [0.05, 0.1) is 16.8 Å². The molecule has 0 bridgehead atoms. The van der Waals surface area contributed by atoms with Crippen molar-refractivity contribution in [3.8, 4) is 16.9 Å². The molecule has 1 saturated heterocycles. The van der Waals surface area contributed by atoms with E-state index in [0.29, 0.717) is 29.9 Å². The number of hydrogen-bond acceptors (Lipinski definition) is 6. The van der Waals surface area contributed by atoms with E-state index >= 15 is 8.78 Å². The smallest absolute Gasteiger partial charge is 0.349 e. The highest BCUT2D eigenvalue weighted by molar-refractivity contribution is 5.91. The number of nitrogens with zero attached hydrogens (tertiary/aromatic N) is 6. The van der Waals surface area contributed by atoms with Crippen molar-refractivity contribution in [3.63, 3.8) is 0 Å². The fourth-order valence-corrected chi connectivity index (χ4v) is 5.67. The van der Waals surface area contributed by atoms with Gasteiger partial charge in [-0.25, -0.2) is 23.1 Å². The zero-order valence-corrected chi connectivity index (χ0v) is 24.7. The fourth-order valence-electron chi connectivity index (χ4n) is 5.67. The van der Waals surface area contributed by atoms with Crippen molar-refractivity contribution in [2.75, 3.05) is 18.0 Å². The standard InChI is InChI=1S/C32H34F2N6O2/c1-8-26(41)38-15-21(7)39(16-20(38)6)30-23-14-25(34)28(22-13-18(4)9-10-24(22)33)36-31(23)40(32(42)37-30)29-19(5)11-12-35-27(29)17(2)3/h8-14,17,20-21H,1,15-16H2,2-7H3/t20-,21+/m1/s1. The number of amides is 1. The first-order valence-corrected chi connectivity index (χ1v) is 14.0. The van der Waals surface area contributed by atoms with E-state index in [9.17, 15) is 9.59 Å². The van der Waals surface area contributed by atoms with Gasteiger partial charge in [0.15, 0.2) is 5.65 Å². The molecule has 0 unspecified atom stereocenters. The van der Waals surface area contributed by atoms with Crippen LogP contribution < -0.4 is 10.6 Å². The lowest BCUT2D eigenvalue weighted by Crippen LogP contribution is -2.58. The summed E-state index contributed by atoms with van der Waals surface area (Å²) in [5, 5.41) is 0.296. The number of hydrogen-bond donors (Lipinski definition) is 0. The van der Waals surface area contributed by atoms with E-state index in [2.05, 4.69) is 21.5 Å². The monoisotopic (exact) mass is 572 g/mol. The van der Waals surface area contributed by atoms with Gasteiger partial charge in [0, 0.05) is 36.9 Å². The van der Waals surface area contributed by atoms with Crippen LogP contribution in [0.4, 0.5) is 14.6 Å². The molecule has 0 N–H and O–H groups in total. The number of carbonyl (C=O) groups excluding carboxylic acids is 1. The van der Waals surface area contributed by atoms with Crippen LogP contribution in [0.3, 0.4) is 0 Å². The van der Waals surface area contributed by atoms with E-state index in [0.717, 1.165) is 11.1 Å². The van der Waals surface area contributed by atoms with Gasteiger partial charge in [0.2, 0.25) is 5.91 Å². The fraction of sp³-hybridized carbons (Fsp3) is 0.344. The number of aryl methyl sites for hydroxylation is 2. The van der Waals surface area contributed by atoms with E-state index in [1.165, 1.54) is 28.8 Å². The van der Waals surface area contributed by atoms with Crippen LogP contribution in [0.15, 0.2) is 54.0 Å². The van der Waals surface area contributed by atoms with E-state index in [4.69, 9.17) is 0 Å². The van der Waals surface area contributed by atoms with Crippen LogP contribution in [0, 0.1) is 25.5 Å². The SMILES string of the molecule is C=CC(=O)N1C[C@H](C)N(c2nc(=O)n(-c3c(C)ccnc3C(C)C)c3nc(-c4cc(C)ccc4F)c(F)cc23)C[C@H]1C. The average molecular weight is 573 g/mol. The van der Waals surface area contributed by atoms with Crippen LogP contribution in [0.2, 0.25) is 0 Å². The molecule has 1 aliphatic heterocycles. The first-order valence-electron chi connectivity index (χ1n) is 14.0. The van der Waals surface area contributed by atoms with Crippen LogP contribution in [0.1, 0.15) is 50.4 Å². The number of aromatic nitrogens is 4. The zero-order valence-electron chi connectivity index (χ0n) is 24.7. The highest BCUT2D eigenvalue weighted by Gasteiger charge is 2.34. The molecule has 8 nitrogen and oxygen atoms in total. The van der Waals surface area contributed by atoms with Gasteiger partial charge < -0.3 is 9.80 Å². The first-order chi connectivity index (χ1) is 19.9. The van der Waals surface area contributed by atoms with Crippen LogP contribution in [-0.2, 0) is 4.79 Å². The van der Waals surface area contributed by atoms with Crippen molar-refractivity contribution in [1.29, 1.82) is 0 Å². The first kappa shape index (κ1) is 29.0. The molecule has 1 aromatic carbocycles. The highest BCUT2D eigenvalue weighted by Crippen LogP contribution is 2.34. The third-order valence-corrected chi connectivity index (χ3v) is 7.82. The summed E-state index contributed by atoms with van der Waals surface area (Å²) in [6.07, 6.45) is 2.96. The Morgan fingerprint density at radius 2 is 1.79 bits per heavy atom. The van der Waals surface area contributed by atoms with Crippen molar-refractivity contribution >= 4 is 22.8 Å². The molecule has 1 fully saturated rings. The second-order valence-electron chi connectivity index (χ2n) is 11.3. The maximum absolute atomic E-state index is 15.9. The quantitative estimate of drug-likeness (QED) is 0.295. The number of anilines is 1. The van der Waals surface area contributed by atoms with Crippen molar-refractivity contribution < 1.29 is 13.6 Å². The number of benzene rings is 1. The van der Waals surface area contributed by atoms with Gasteiger partial charge in [0.1, 0.15) is 23.1 Å². The summed E-state index contributed by atoms with van der Waals surface area (Å²) < 4.78 is 32.3. The van der Waals surface area contributed by atoms with Gasteiger partial charge in [-0.2, -0.15) is 4.98 Å². The molecule has 0 spiro atoms. The Morgan fingerprint density at radius 3 is 2.48 bits per heavy atom. The number of carbonyl (C=O) groups is 1. The zero-order chi connectivity index (χ0) is 30.5. The molecule has 0 aliphatic carbocycles. The second kappa shape index (κ2) is 11.1. The predicted octanol–water partition coefficient (Wildman–Crippen LogP) is 5.47. The van der Waals surface area contributed by atoms with Crippen LogP contribution in [0.25, 0.3) is 28.0 Å². The molecular formula is C32H34F2N6O2. The lowest BCUT2D eigenvalue weighted by molar-refractivity contribution is -0.128. The van der Waals surface area contributed by atoms with Crippen LogP contribution in [-0.4, -0.2) is 55.5 Å². The Balaban J connectivity index is 1.84. The third-order valence-electron chi connectivity index (χ3n) is 7.82. The van der Waals surface area contributed by atoms with Crippen molar-refractivity contribution in [3.05, 3.63) is 88.1 Å². The average Bonchev–Trinajstić information content (AvgIpc) is 2.95. The van der Waals surface area contributed by atoms with Gasteiger partial charge >= 0.3 is 5.69 Å². The molecule has 218 valence electrons. The van der Waals surface area contributed by atoms with Gasteiger partial charge in [-0.05, 0) is 69.5 Å². The Morgan fingerprint density at radius 1 is 1.05 bits per heavy atom. The summed E-state index contributed by atoms with van der Waals surface area (Å²) in [6.45, 7) is 15.7. The number of pyridine rings is 2. The Bertz CT molecular complexity index is 1780. The molecule has 0 radical (unpaired) electrons. The molecular weight excluding hydrogens is 538 g/mol. The van der Waals surface area contributed by atoms with Gasteiger partial charge in [-0.3, -0.25) is 9.78 Å². The molecule has 2 atom stereocenters. The summed E-state index contributed by atoms with van der Waals surface area (Å²) in [6, 6.07) is 7.00. The van der Waals surface area contributed by atoms with E-state index in [-0.39, 0.29) is 46.6 Å². The van der Waals surface area contributed by atoms with E-state index in [1.54, 1.807) is 30.2 Å². The number of rotatable bonds is 5. The number of piperazine rings is 1. The van der Waals surface area contributed by atoms with Crippen molar-refractivity contribution in [2.24, 2.45) is 0 Å². The minimum Gasteiger partial charge on any atom is -0.349 e. The molecule has 1 amide bonds. The summed E-state index contributed by atoms with van der Waals surface area (Å²) >= 11 is 0. The third kappa shape index (κ3) is 4.95. The normalized spacial score (nSPS) is 17.3. The summed E-state index contributed by atoms with van der Waals surface area (Å²) in [7, 11) is 0. The van der Waals surface area contributed by atoms with E-state index in [1.807, 2.05) is 39.5 Å².